The van der Waals surface area contributed by atoms with E-state index in [2.05, 4.69) is 9.97 Å². The number of halogens is 2. The second-order valence-electron chi connectivity index (χ2n) is 3.05. The Labute approximate surface area is 96.9 Å². The zero-order valence-electron chi connectivity index (χ0n) is 8.45. The summed E-state index contributed by atoms with van der Waals surface area (Å²) in [6, 6.07) is 4.82. The number of ether oxygens (including phenoxy) is 1. The first-order valence-electron chi connectivity index (χ1n) is 4.52. The molecule has 0 atom stereocenters. The van der Waals surface area contributed by atoms with Crippen LogP contribution < -0.4 is 4.74 Å². The van der Waals surface area contributed by atoms with E-state index in [-0.39, 0.29) is 10.9 Å². The van der Waals surface area contributed by atoms with Crippen LogP contribution in [0.3, 0.4) is 0 Å². The third-order valence-corrected chi connectivity index (χ3v) is 2.44. The molecule has 2 aromatic rings. The van der Waals surface area contributed by atoms with Gasteiger partial charge in [-0.3, -0.25) is 0 Å². The van der Waals surface area contributed by atoms with Crippen LogP contribution in [0.4, 0.5) is 4.39 Å². The normalized spacial score (nSPS) is 10.2. The molecule has 1 heterocycles. The summed E-state index contributed by atoms with van der Waals surface area (Å²) in [4.78, 5) is 7.61. The van der Waals surface area contributed by atoms with Crippen LogP contribution in [0.2, 0.25) is 5.15 Å². The molecule has 3 nitrogen and oxygen atoms in total. The fraction of sp³-hybridized carbons (Fsp3) is 0.0909. The molecule has 0 bridgehead atoms. The van der Waals surface area contributed by atoms with E-state index in [0.717, 1.165) is 0 Å². The van der Waals surface area contributed by atoms with Gasteiger partial charge in [-0.1, -0.05) is 23.7 Å². The number of hydrogen-bond donors (Lipinski definition) is 0. The van der Waals surface area contributed by atoms with Crippen LogP contribution >= 0.6 is 11.6 Å². The Bertz CT molecular complexity index is 519. The second kappa shape index (κ2) is 4.45. The molecule has 5 heteroatoms. The van der Waals surface area contributed by atoms with E-state index in [1.807, 2.05) is 0 Å². The highest BCUT2D eigenvalue weighted by Gasteiger charge is 2.13. The Morgan fingerprint density at radius 3 is 2.81 bits per heavy atom. The molecule has 0 spiro atoms. The van der Waals surface area contributed by atoms with Gasteiger partial charge in [-0.15, -0.1) is 0 Å². The minimum atomic E-state index is -0.471. The topological polar surface area (TPSA) is 35.0 Å². The third kappa shape index (κ3) is 1.84. The molecule has 0 N–H and O–H groups in total. The standard InChI is InChI=1S/C11H8ClFN2O/c1-16-9-4-2-3-7(10(9)13)8-5-14-6-15-11(8)12/h2-6H,1H3. The van der Waals surface area contributed by atoms with E-state index < -0.39 is 5.82 Å². The molecule has 0 radical (unpaired) electrons. The summed E-state index contributed by atoms with van der Waals surface area (Å²) in [7, 11) is 1.41. The predicted octanol–water partition coefficient (Wildman–Crippen LogP) is 2.94. The smallest absolute Gasteiger partial charge is 0.173 e. The molecule has 0 saturated heterocycles. The van der Waals surface area contributed by atoms with Crippen molar-refractivity contribution in [3.8, 4) is 16.9 Å². The molecular formula is C11H8ClFN2O. The van der Waals surface area contributed by atoms with Crippen molar-refractivity contribution >= 4 is 11.6 Å². The third-order valence-electron chi connectivity index (χ3n) is 2.14. The summed E-state index contributed by atoms with van der Waals surface area (Å²) in [5.41, 5.74) is 0.769. The lowest BCUT2D eigenvalue weighted by atomic mass is 10.1. The van der Waals surface area contributed by atoms with Crippen molar-refractivity contribution in [2.45, 2.75) is 0 Å². The summed E-state index contributed by atoms with van der Waals surface area (Å²) < 4.78 is 18.8. The zero-order chi connectivity index (χ0) is 11.5. The van der Waals surface area contributed by atoms with E-state index in [0.29, 0.717) is 11.1 Å². The van der Waals surface area contributed by atoms with Crippen molar-refractivity contribution < 1.29 is 9.13 Å². The highest BCUT2D eigenvalue weighted by Crippen LogP contribution is 2.31. The maximum Gasteiger partial charge on any atom is 0.173 e. The molecule has 0 aliphatic carbocycles. The Balaban J connectivity index is 2.61. The van der Waals surface area contributed by atoms with Crippen LogP contribution in [0, 0.1) is 5.82 Å². The van der Waals surface area contributed by atoms with Gasteiger partial charge in [0, 0.05) is 17.3 Å². The largest absolute Gasteiger partial charge is 0.494 e. The average molecular weight is 239 g/mol. The minimum absolute atomic E-state index is 0.164. The van der Waals surface area contributed by atoms with Crippen LogP contribution in [-0.2, 0) is 0 Å². The molecule has 16 heavy (non-hydrogen) atoms. The molecule has 82 valence electrons. The van der Waals surface area contributed by atoms with Crippen LogP contribution in [-0.4, -0.2) is 17.1 Å². The molecule has 0 aliphatic rings. The van der Waals surface area contributed by atoms with Gasteiger partial charge in [0.25, 0.3) is 0 Å². The fourth-order valence-corrected chi connectivity index (χ4v) is 1.57. The maximum atomic E-state index is 13.9. The molecule has 1 aromatic carbocycles. The van der Waals surface area contributed by atoms with E-state index in [1.165, 1.54) is 25.7 Å². The lowest BCUT2D eigenvalue weighted by Crippen LogP contribution is -1.93. The van der Waals surface area contributed by atoms with Gasteiger partial charge >= 0.3 is 0 Å². The average Bonchev–Trinajstić information content (AvgIpc) is 2.31. The predicted molar refractivity (Wildman–Crippen MR) is 59.0 cm³/mol. The van der Waals surface area contributed by atoms with Crippen molar-refractivity contribution in [2.24, 2.45) is 0 Å². The molecule has 2 rings (SSSR count). The minimum Gasteiger partial charge on any atom is -0.494 e. The van der Waals surface area contributed by atoms with E-state index in [4.69, 9.17) is 16.3 Å². The van der Waals surface area contributed by atoms with Gasteiger partial charge in [-0.25, -0.2) is 14.4 Å². The Kier molecular flexibility index (Phi) is 3.01. The first-order valence-corrected chi connectivity index (χ1v) is 4.90. The number of nitrogens with zero attached hydrogens (tertiary/aromatic N) is 2. The van der Waals surface area contributed by atoms with Crippen molar-refractivity contribution in [3.63, 3.8) is 0 Å². The van der Waals surface area contributed by atoms with Gasteiger partial charge < -0.3 is 4.74 Å². The van der Waals surface area contributed by atoms with Gasteiger partial charge in [0.05, 0.1) is 7.11 Å². The van der Waals surface area contributed by atoms with Gasteiger partial charge in [0.2, 0.25) is 0 Å². The summed E-state index contributed by atoms with van der Waals surface area (Å²) in [5, 5.41) is 0.210. The van der Waals surface area contributed by atoms with Crippen molar-refractivity contribution in [1.29, 1.82) is 0 Å². The first-order chi connectivity index (χ1) is 7.74. The van der Waals surface area contributed by atoms with Crippen LogP contribution in [0.25, 0.3) is 11.1 Å². The van der Waals surface area contributed by atoms with Crippen LogP contribution in [0.5, 0.6) is 5.75 Å². The van der Waals surface area contributed by atoms with E-state index in [1.54, 1.807) is 12.1 Å². The monoisotopic (exact) mass is 238 g/mol. The molecular weight excluding hydrogens is 231 g/mol. The van der Waals surface area contributed by atoms with Crippen molar-refractivity contribution in [1.82, 2.24) is 9.97 Å². The van der Waals surface area contributed by atoms with Gasteiger partial charge in [-0.05, 0) is 6.07 Å². The number of methoxy groups -OCH3 is 1. The summed E-state index contributed by atoms with van der Waals surface area (Å²) >= 11 is 5.87. The summed E-state index contributed by atoms with van der Waals surface area (Å²) in [5.74, 6) is -0.306. The quantitative estimate of drug-likeness (QED) is 0.755. The number of hydrogen-bond acceptors (Lipinski definition) is 3. The van der Waals surface area contributed by atoms with Gasteiger partial charge in [-0.2, -0.15) is 0 Å². The van der Waals surface area contributed by atoms with Gasteiger partial charge in [0.1, 0.15) is 11.5 Å². The van der Waals surface area contributed by atoms with Crippen LogP contribution in [0.1, 0.15) is 0 Å². The number of aromatic nitrogens is 2. The lowest BCUT2D eigenvalue weighted by Gasteiger charge is -2.07. The first kappa shape index (κ1) is 10.8. The van der Waals surface area contributed by atoms with Crippen LogP contribution in [0.15, 0.2) is 30.7 Å². The van der Waals surface area contributed by atoms with Crippen molar-refractivity contribution in [3.05, 3.63) is 41.7 Å². The highest BCUT2D eigenvalue weighted by atomic mass is 35.5. The summed E-state index contributed by atoms with van der Waals surface area (Å²) in [6.45, 7) is 0. The fourth-order valence-electron chi connectivity index (χ4n) is 1.37. The Morgan fingerprint density at radius 2 is 2.12 bits per heavy atom. The summed E-state index contributed by atoms with van der Waals surface area (Å²) in [6.07, 6.45) is 2.77. The molecule has 1 aromatic heterocycles. The zero-order valence-corrected chi connectivity index (χ0v) is 9.20. The molecule has 0 aliphatic heterocycles. The number of rotatable bonds is 2. The van der Waals surface area contributed by atoms with Crippen molar-refractivity contribution in [2.75, 3.05) is 7.11 Å². The van der Waals surface area contributed by atoms with E-state index >= 15 is 0 Å². The molecule has 0 fully saturated rings. The SMILES string of the molecule is COc1cccc(-c2cncnc2Cl)c1F. The molecule has 0 amide bonds. The Morgan fingerprint density at radius 1 is 1.31 bits per heavy atom. The van der Waals surface area contributed by atoms with Gasteiger partial charge in [0.15, 0.2) is 11.6 Å². The maximum absolute atomic E-state index is 13.9. The molecule has 0 unspecified atom stereocenters. The van der Waals surface area contributed by atoms with E-state index in [9.17, 15) is 4.39 Å². The lowest BCUT2D eigenvalue weighted by molar-refractivity contribution is 0.387. The Hall–Kier alpha value is -1.68. The number of benzene rings is 1. The highest BCUT2D eigenvalue weighted by molar-refractivity contribution is 6.32. The second-order valence-corrected chi connectivity index (χ2v) is 3.41. The molecule has 0 saturated carbocycles.